The van der Waals surface area contributed by atoms with Crippen LogP contribution in [0, 0.1) is 5.92 Å². The van der Waals surface area contributed by atoms with Crippen LogP contribution in [0.2, 0.25) is 0 Å². The first-order valence-electron chi connectivity index (χ1n) is 8.71. The highest BCUT2D eigenvalue weighted by Gasteiger charge is 2.35. The number of unbranched alkanes of at least 4 members (excludes halogenated alkanes) is 1. The van der Waals surface area contributed by atoms with Crippen molar-refractivity contribution < 1.29 is 4.79 Å². The van der Waals surface area contributed by atoms with Crippen LogP contribution >= 0.6 is 0 Å². The number of carbonyl (C=O) groups is 1. The third-order valence-corrected chi connectivity index (χ3v) is 4.45. The molecule has 2 aromatic rings. The normalized spacial score (nSPS) is 17.4. The summed E-state index contributed by atoms with van der Waals surface area (Å²) in [6, 6.07) is 8.18. The average molecular weight is 324 g/mol. The number of nitrogens with zero attached hydrogens (tertiary/aromatic N) is 3. The molecule has 0 spiro atoms. The van der Waals surface area contributed by atoms with Gasteiger partial charge in [0, 0.05) is 18.8 Å². The van der Waals surface area contributed by atoms with E-state index in [1.54, 1.807) is 17.4 Å². The predicted octanol–water partition coefficient (Wildman–Crippen LogP) is 3.72. The van der Waals surface area contributed by atoms with Gasteiger partial charge in [0.15, 0.2) is 0 Å². The van der Waals surface area contributed by atoms with Gasteiger partial charge in [-0.3, -0.25) is 4.79 Å². The molecule has 0 saturated carbocycles. The van der Waals surface area contributed by atoms with Crippen molar-refractivity contribution >= 4 is 17.3 Å². The van der Waals surface area contributed by atoms with Crippen LogP contribution in [0.1, 0.15) is 44.5 Å². The first-order chi connectivity index (χ1) is 11.7. The topological polar surface area (TPSA) is 61.4 Å². The Balaban J connectivity index is 1.79. The summed E-state index contributed by atoms with van der Waals surface area (Å²) in [5.41, 5.74) is 3.03. The molecule has 1 aliphatic heterocycles. The van der Waals surface area contributed by atoms with Crippen LogP contribution in [0.4, 0.5) is 5.69 Å². The van der Waals surface area contributed by atoms with E-state index in [0.29, 0.717) is 6.42 Å². The van der Waals surface area contributed by atoms with Gasteiger partial charge in [0.1, 0.15) is 5.82 Å². The Hall–Kier alpha value is -2.43. The summed E-state index contributed by atoms with van der Waals surface area (Å²) >= 11 is 0. The highest BCUT2D eigenvalue weighted by molar-refractivity contribution is 6.15. The zero-order valence-corrected chi connectivity index (χ0v) is 14.3. The molecule has 2 heterocycles. The Kier molecular flexibility index (Phi) is 5.08. The molecule has 1 aromatic heterocycles. The molecule has 5 heteroatoms. The number of aryl methyl sites for hydroxylation is 1. The van der Waals surface area contributed by atoms with E-state index in [1.165, 1.54) is 18.4 Å². The highest BCUT2D eigenvalue weighted by Crippen LogP contribution is 2.27. The van der Waals surface area contributed by atoms with E-state index < -0.39 is 0 Å². The van der Waals surface area contributed by atoms with E-state index in [0.717, 1.165) is 30.1 Å². The monoisotopic (exact) mass is 324 g/mol. The number of aromatic nitrogens is 2. The Morgan fingerprint density at radius 3 is 2.62 bits per heavy atom. The molecule has 3 rings (SSSR count). The fourth-order valence-electron chi connectivity index (χ4n) is 3.04. The van der Waals surface area contributed by atoms with Crippen LogP contribution in [0.15, 0.2) is 41.8 Å². The van der Waals surface area contributed by atoms with Gasteiger partial charge >= 0.3 is 0 Å². The number of H-pyrrole nitrogens is 1. The van der Waals surface area contributed by atoms with Crippen LogP contribution in [-0.2, 0) is 17.6 Å². The third kappa shape index (κ3) is 3.40. The number of hydrogen-bond donors (Lipinski definition) is 1. The molecule has 1 amide bonds. The van der Waals surface area contributed by atoms with Crippen molar-refractivity contribution in [3.8, 4) is 0 Å². The molecule has 1 aliphatic rings. The predicted molar refractivity (Wildman–Crippen MR) is 96.0 cm³/mol. The standard InChI is InChI=1S/C19H24N4O/c1-3-5-6-14-7-9-15(10-8-14)23-19(24)16(4-2)17(22-23)13-18-20-11-12-21-18/h7-12,16H,3-6,13H2,1-2H3,(H,20,21). The van der Waals surface area contributed by atoms with Crippen molar-refractivity contribution in [1.82, 2.24) is 9.97 Å². The molecule has 126 valence electrons. The number of imidazole rings is 1. The van der Waals surface area contributed by atoms with Gasteiger partial charge < -0.3 is 4.98 Å². The summed E-state index contributed by atoms with van der Waals surface area (Å²) in [4.78, 5) is 20.0. The molecular formula is C19H24N4O. The van der Waals surface area contributed by atoms with E-state index in [9.17, 15) is 4.79 Å². The third-order valence-electron chi connectivity index (χ3n) is 4.45. The van der Waals surface area contributed by atoms with Crippen molar-refractivity contribution in [2.75, 3.05) is 5.01 Å². The smallest absolute Gasteiger partial charge is 0.256 e. The average Bonchev–Trinajstić information content (AvgIpc) is 3.22. The number of rotatable bonds is 7. The number of hydrogen-bond acceptors (Lipinski definition) is 3. The zero-order valence-electron chi connectivity index (χ0n) is 14.3. The minimum absolute atomic E-state index is 0.0559. The van der Waals surface area contributed by atoms with Gasteiger partial charge in [-0.1, -0.05) is 32.4 Å². The Labute approximate surface area is 142 Å². The molecule has 24 heavy (non-hydrogen) atoms. The van der Waals surface area contributed by atoms with Gasteiger partial charge in [-0.25, -0.2) is 9.99 Å². The van der Waals surface area contributed by atoms with E-state index >= 15 is 0 Å². The minimum Gasteiger partial charge on any atom is -0.348 e. The molecule has 0 saturated heterocycles. The lowest BCUT2D eigenvalue weighted by atomic mass is 9.98. The summed E-state index contributed by atoms with van der Waals surface area (Å²) in [7, 11) is 0. The maximum atomic E-state index is 12.7. The summed E-state index contributed by atoms with van der Waals surface area (Å²) in [5, 5.41) is 6.15. The van der Waals surface area contributed by atoms with Gasteiger partial charge in [-0.15, -0.1) is 0 Å². The van der Waals surface area contributed by atoms with Gasteiger partial charge in [-0.2, -0.15) is 5.10 Å². The summed E-state index contributed by atoms with van der Waals surface area (Å²) in [6.07, 6.45) is 8.30. The van der Waals surface area contributed by atoms with E-state index in [2.05, 4.69) is 34.1 Å². The van der Waals surface area contributed by atoms with Crippen molar-refractivity contribution in [1.29, 1.82) is 0 Å². The highest BCUT2D eigenvalue weighted by atomic mass is 16.2. The van der Waals surface area contributed by atoms with E-state index in [4.69, 9.17) is 0 Å². The number of amides is 1. The molecule has 1 N–H and O–H groups in total. The fraction of sp³-hybridized carbons (Fsp3) is 0.421. The molecule has 1 unspecified atom stereocenters. The molecule has 0 radical (unpaired) electrons. The maximum absolute atomic E-state index is 12.7. The summed E-state index contributed by atoms with van der Waals surface area (Å²) in [6.45, 7) is 4.22. The second-order valence-electron chi connectivity index (χ2n) is 6.18. The largest absolute Gasteiger partial charge is 0.348 e. The summed E-state index contributed by atoms with van der Waals surface area (Å²) in [5.74, 6) is 0.743. The van der Waals surface area contributed by atoms with Crippen LogP contribution in [0.5, 0.6) is 0 Å². The van der Waals surface area contributed by atoms with Crippen LogP contribution in [-0.4, -0.2) is 21.6 Å². The van der Waals surface area contributed by atoms with Crippen LogP contribution in [0.25, 0.3) is 0 Å². The van der Waals surface area contributed by atoms with Gasteiger partial charge in [0.25, 0.3) is 5.91 Å². The van der Waals surface area contributed by atoms with E-state index in [1.807, 2.05) is 19.1 Å². The number of nitrogens with one attached hydrogen (secondary N) is 1. The minimum atomic E-state index is -0.158. The zero-order chi connectivity index (χ0) is 16.9. The Morgan fingerprint density at radius 2 is 2.00 bits per heavy atom. The number of anilines is 1. The SMILES string of the molecule is CCCCc1ccc(N2N=C(Cc3ncc[nH]3)C(CC)C2=O)cc1. The first kappa shape index (κ1) is 16.4. The van der Waals surface area contributed by atoms with Crippen LogP contribution in [0.3, 0.4) is 0 Å². The summed E-state index contributed by atoms with van der Waals surface area (Å²) < 4.78 is 0. The second-order valence-corrected chi connectivity index (χ2v) is 6.18. The van der Waals surface area contributed by atoms with Gasteiger partial charge in [0.05, 0.1) is 17.3 Å². The lowest BCUT2D eigenvalue weighted by molar-refractivity contribution is -0.119. The van der Waals surface area contributed by atoms with Crippen LogP contribution < -0.4 is 5.01 Å². The maximum Gasteiger partial charge on any atom is 0.256 e. The van der Waals surface area contributed by atoms with Gasteiger partial charge in [0.2, 0.25) is 0 Å². The lowest BCUT2D eigenvalue weighted by Crippen LogP contribution is -2.27. The number of aromatic amines is 1. The number of hydrazone groups is 1. The molecular weight excluding hydrogens is 300 g/mol. The Morgan fingerprint density at radius 1 is 1.21 bits per heavy atom. The van der Waals surface area contributed by atoms with Crippen molar-refractivity contribution in [2.45, 2.75) is 46.0 Å². The second kappa shape index (κ2) is 7.43. The quantitative estimate of drug-likeness (QED) is 0.843. The van der Waals surface area contributed by atoms with E-state index in [-0.39, 0.29) is 11.8 Å². The molecule has 1 atom stereocenters. The molecule has 0 fully saturated rings. The lowest BCUT2D eigenvalue weighted by Gasteiger charge is -2.14. The fourth-order valence-corrected chi connectivity index (χ4v) is 3.04. The van der Waals surface area contributed by atoms with Crippen molar-refractivity contribution in [3.63, 3.8) is 0 Å². The molecule has 0 aliphatic carbocycles. The van der Waals surface area contributed by atoms with Crippen molar-refractivity contribution in [2.24, 2.45) is 11.0 Å². The van der Waals surface area contributed by atoms with Crippen molar-refractivity contribution in [3.05, 3.63) is 48.0 Å². The van der Waals surface area contributed by atoms with Gasteiger partial charge in [-0.05, 0) is 37.0 Å². The Bertz CT molecular complexity index is 703. The first-order valence-corrected chi connectivity index (χ1v) is 8.71. The molecule has 0 bridgehead atoms. The number of benzene rings is 1. The molecule has 5 nitrogen and oxygen atoms in total. The molecule has 1 aromatic carbocycles. The number of carbonyl (C=O) groups excluding carboxylic acids is 1.